The van der Waals surface area contributed by atoms with E-state index < -0.39 is 55.9 Å². The van der Waals surface area contributed by atoms with Crippen molar-refractivity contribution in [1.82, 2.24) is 24.1 Å². The van der Waals surface area contributed by atoms with Gasteiger partial charge in [-0.2, -0.15) is 4.98 Å². The van der Waals surface area contributed by atoms with Crippen molar-refractivity contribution >= 4 is 72.5 Å². The van der Waals surface area contributed by atoms with Gasteiger partial charge in [0.05, 0.1) is 37.3 Å². The SMILES string of the molecule is Nc1nc2c(ncn2[C@@H]2O[C@@H]3COP(O)(=S)O[C@H]4C[C@H](n5ccc6c5N=CCC6=O)O[C@@H]4COP(=O)(S)O[C@@H]2C3)c(=O)[nH]1. The molecule has 0 saturated carbocycles. The summed E-state index contributed by atoms with van der Waals surface area (Å²) in [7, 11) is 0. The molecule has 0 aliphatic carbocycles. The van der Waals surface area contributed by atoms with E-state index in [-0.39, 0.29) is 55.4 Å². The van der Waals surface area contributed by atoms with Crippen molar-refractivity contribution in [1.29, 1.82) is 0 Å². The Balaban J connectivity index is 1.16. The van der Waals surface area contributed by atoms with E-state index in [0.29, 0.717) is 11.4 Å². The van der Waals surface area contributed by atoms with Crippen LogP contribution in [0.2, 0.25) is 0 Å². The van der Waals surface area contributed by atoms with Crippen LogP contribution in [-0.2, 0) is 43.9 Å². The van der Waals surface area contributed by atoms with Gasteiger partial charge in [0.15, 0.2) is 23.2 Å². The van der Waals surface area contributed by atoms with Gasteiger partial charge in [0.2, 0.25) is 5.95 Å². The molecule has 7 rings (SSSR count). The number of thiol groups is 1. The number of nitrogens with two attached hydrogens (primary N) is 1. The van der Waals surface area contributed by atoms with E-state index in [2.05, 4.69) is 32.2 Å². The third kappa shape index (κ3) is 5.68. The van der Waals surface area contributed by atoms with Gasteiger partial charge in [-0.1, -0.05) is 12.2 Å². The predicted octanol–water partition coefficient (Wildman–Crippen LogP) is 2.14. The van der Waals surface area contributed by atoms with Gasteiger partial charge >= 0.3 is 13.5 Å². The number of hydrogen-bond donors (Lipinski definition) is 4. The standard InChI is InChI=1S/C22H25N7O10P2S2/c23-22-26-19-17(20(31)27-22)25-9-29(19)21-14-5-10(36-21)7-34-40(32,42)38-13-6-16(37-15(13)8-35-41(33,43)39-14)28-4-2-11-12(30)1-3-24-18(11)28/h2-4,9-10,13-16,21H,1,5-8H2,(H,32,42)(H,33,43)(H3,23,26,27,31)/t10-,13-,14+,15+,16+,21+,40?,41?/m0/s1. The molecule has 0 spiro atoms. The van der Waals surface area contributed by atoms with Gasteiger partial charge in [0, 0.05) is 31.7 Å². The van der Waals surface area contributed by atoms with Gasteiger partial charge in [-0.25, -0.2) is 14.5 Å². The molecule has 3 aromatic heterocycles. The number of carbonyl (C=O) groups is 1. The maximum absolute atomic E-state index is 13.5. The molecule has 3 fully saturated rings. The summed E-state index contributed by atoms with van der Waals surface area (Å²) in [6.45, 7) is -8.43. The molecule has 4 N–H and O–H groups in total. The smallest absolute Gasteiger partial charge is 0.369 e. The number of fused-ring (bicyclic) bond motifs is 5. The van der Waals surface area contributed by atoms with Crippen molar-refractivity contribution in [3.05, 3.63) is 34.5 Å². The lowest BCUT2D eigenvalue weighted by Crippen LogP contribution is -2.29. The van der Waals surface area contributed by atoms with E-state index in [0.717, 1.165) is 0 Å². The topological polar surface area (TPSA) is 217 Å². The van der Waals surface area contributed by atoms with Crippen LogP contribution in [0.1, 0.15) is 42.1 Å². The minimum atomic E-state index is -4.07. The number of ketones is 1. The third-order valence-corrected chi connectivity index (χ3v) is 10.6. The fourth-order valence-corrected chi connectivity index (χ4v) is 8.51. The number of aliphatic imine (C=N–C) groups is 1. The number of nitrogens with one attached hydrogen (secondary N) is 1. The molecule has 43 heavy (non-hydrogen) atoms. The number of aromatic nitrogens is 5. The first-order chi connectivity index (χ1) is 20.5. The Kier molecular flexibility index (Phi) is 7.50. The summed E-state index contributed by atoms with van der Waals surface area (Å²) in [5, 5.41) is 0. The highest BCUT2D eigenvalue weighted by Gasteiger charge is 2.46. The number of nitrogen functional groups attached to an aromatic ring is 1. The number of aromatic amines is 1. The van der Waals surface area contributed by atoms with Crippen LogP contribution in [0.25, 0.3) is 11.2 Å². The van der Waals surface area contributed by atoms with Crippen molar-refractivity contribution in [2.24, 2.45) is 4.99 Å². The highest BCUT2D eigenvalue weighted by atomic mass is 32.7. The molecule has 3 aromatic rings. The molecule has 4 aliphatic rings. The van der Waals surface area contributed by atoms with E-state index in [9.17, 15) is 19.0 Å². The maximum Gasteiger partial charge on any atom is 0.386 e. The second-order valence-electron chi connectivity index (χ2n) is 10.2. The van der Waals surface area contributed by atoms with E-state index in [1.165, 1.54) is 17.1 Å². The molecule has 0 aromatic carbocycles. The van der Waals surface area contributed by atoms with Crippen LogP contribution in [0.3, 0.4) is 0 Å². The van der Waals surface area contributed by atoms with Gasteiger partial charge in [0.1, 0.15) is 24.3 Å². The zero-order chi connectivity index (χ0) is 30.1. The molecule has 2 bridgehead atoms. The van der Waals surface area contributed by atoms with Crippen molar-refractivity contribution in [3.63, 3.8) is 0 Å². The van der Waals surface area contributed by atoms with Crippen LogP contribution in [0.5, 0.6) is 0 Å². The van der Waals surface area contributed by atoms with Crippen molar-refractivity contribution in [2.45, 2.75) is 56.1 Å². The molecular formula is C22H25N7O10P2S2. The fraction of sp³-hybridized carbons (Fsp3) is 0.500. The maximum atomic E-state index is 13.5. The average molecular weight is 674 g/mol. The number of carbonyl (C=O) groups excluding carboxylic acids is 1. The van der Waals surface area contributed by atoms with Crippen LogP contribution >= 0.6 is 25.8 Å². The van der Waals surface area contributed by atoms with Gasteiger partial charge < -0.3 is 33.7 Å². The largest absolute Gasteiger partial charge is 0.386 e. The minimum absolute atomic E-state index is 0.00760. The number of H-pyrrole nitrogens is 1. The average Bonchev–Trinajstić information content (AvgIpc) is 3.71. The Labute approximate surface area is 252 Å². The van der Waals surface area contributed by atoms with Gasteiger partial charge in [-0.3, -0.25) is 28.2 Å². The molecule has 17 nitrogen and oxygen atoms in total. The summed E-state index contributed by atoms with van der Waals surface area (Å²) in [5.41, 5.74) is 5.76. The first-order valence-electron chi connectivity index (χ1n) is 13.1. The molecule has 7 heterocycles. The van der Waals surface area contributed by atoms with Crippen molar-refractivity contribution in [3.8, 4) is 0 Å². The Morgan fingerprint density at radius 2 is 1.95 bits per heavy atom. The van der Waals surface area contributed by atoms with Crippen molar-refractivity contribution in [2.75, 3.05) is 18.9 Å². The van der Waals surface area contributed by atoms with E-state index in [1.807, 2.05) is 0 Å². The van der Waals surface area contributed by atoms with E-state index >= 15 is 0 Å². The normalized spacial score (nSPS) is 36.6. The Hall–Kier alpha value is -2.28. The number of rotatable bonds is 2. The number of ether oxygens (including phenoxy) is 2. The summed E-state index contributed by atoms with van der Waals surface area (Å²) in [6.07, 6.45) is -0.0108. The first kappa shape index (κ1) is 29.4. The molecular weight excluding hydrogens is 648 g/mol. The molecule has 0 radical (unpaired) electrons. The summed E-state index contributed by atoms with van der Waals surface area (Å²) >= 11 is 9.50. The van der Waals surface area contributed by atoms with Crippen LogP contribution in [0, 0.1) is 0 Å². The lowest BCUT2D eigenvalue weighted by atomic mass is 10.1. The highest BCUT2D eigenvalue weighted by molar-refractivity contribution is 8.44. The van der Waals surface area contributed by atoms with E-state index in [1.54, 1.807) is 16.8 Å². The minimum Gasteiger partial charge on any atom is -0.369 e. The summed E-state index contributed by atoms with van der Waals surface area (Å²) in [4.78, 5) is 50.6. The number of hydrogen-bond acceptors (Lipinski definition) is 14. The number of Topliss-reactive ketones (excluding diaryl/α,β-unsaturated/α-hetero) is 1. The van der Waals surface area contributed by atoms with Crippen molar-refractivity contribution < 1.29 is 41.8 Å². The second kappa shape index (κ2) is 11.0. The predicted molar refractivity (Wildman–Crippen MR) is 156 cm³/mol. The fourth-order valence-electron chi connectivity index (χ4n) is 5.52. The summed E-state index contributed by atoms with van der Waals surface area (Å²) in [6, 6.07) is 1.66. The highest BCUT2D eigenvalue weighted by Crippen LogP contribution is 2.58. The number of imidazole rings is 1. The first-order valence-corrected chi connectivity index (χ1v) is 18.4. The lowest BCUT2D eigenvalue weighted by molar-refractivity contribution is -0.0574. The molecule has 0 amide bonds. The van der Waals surface area contributed by atoms with Gasteiger partial charge in [0.25, 0.3) is 5.56 Å². The molecule has 4 aliphatic heterocycles. The number of nitrogens with zero attached hydrogens (tertiary/aromatic N) is 5. The Morgan fingerprint density at radius 3 is 2.79 bits per heavy atom. The van der Waals surface area contributed by atoms with Gasteiger partial charge in [-0.05, 0) is 17.9 Å². The van der Waals surface area contributed by atoms with Gasteiger partial charge in [-0.15, -0.1) is 0 Å². The summed E-state index contributed by atoms with van der Waals surface area (Å²) in [5.74, 6) is 0.228. The molecule has 2 unspecified atom stereocenters. The van der Waals surface area contributed by atoms with Crippen LogP contribution in [-0.4, -0.2) is 78.6 Å². The second-order valence-corrected chi connectivity index (χ2v) is 15.9. The zero-order valence-corrected chi connectivity index (χ0v) is 25.5. The summed E-state index contributed by atoms with van der Waals surface area (Å²) < 4.78 is 51.9. The monoisotopic (exact) mass is 673 g/mol. The van der Waals surface area contributed by atoms with E-state index in [4.69, 9.17) is 45.1 Å². The molecule has 21 heteroatoms. The molecule has 230 valence electrons. The van der Waals surface area contributed by atoms with Crippen LogP contribution < -0.4 is 11.3 Å². The molecule has 8 atom stereocenters. The zero-order valence-electron chi connectivity index (χ0n) is 22.0. The van der Waals surface area contributed by atoms with Crippen LogP contribution in [0.15, 0.2) is 28.4 Å². The lowest BCUT2D eigenvalue weighted by Gasteiger charge is -2.26. The molecule has 3 saturated heterocycles. The Bertz CT molecular complexity index is 1790. The quantitative estimate of drug-likeness (QED) is 0.227. The third-order valence-electron chi connectivity index (χ3n) is 7.40. The number of anilines is 1. The van der Waals surface area contributed by atoms with Crippen LogP contribution in [0.4, 0.5) is 11.8 Å². The Morgan fingerprint density at radius 1 is 1.12 bits per heavy atom.